The van der Waals surface area contributed by atoms with Crippen molar-refractivity contribution < 1.29 is 30.2 Å². The van der Waals surface area contributed by atoms with E-state index in [1.807, 2.05) is 42.7 Å². The maximum atomic E-state index is 6.83. The molecule has 1 aliphatic rings. The SMILES string of the molecule is Cc1cnc(-n2c3[c-]c(Oc4[c-]c(-c5cc6c(cn5)CCC6c5ccccc5)c5oc6c7ccccc7ccc6c5c4)ccc3n3c4ccccc4nc23)cc1C.[Pt+2]. The Bertz CT molecular complexity index is 3440. The number of pyridine rings is 2. The van der Waals surface area contributed by atoms with Gasteiger partial charge in [-0.2, -0.15) is 0 Å². The van der Waals surface area contributed by atoms with Gasteiger partial charge in [0.05, 0.1) is 16.6 Å². The van der Waals surface area contributed by atoms with Crippen molar-refractivity contribution >= 4 is 60.6 Å². The molecule has 1 unspecified atom stereocenters. The van der Waals surface area contributed by atoms with Crippen molar-refractivity contribution in [3.05, 3.63) is 174 Å². The summed E-state index contributed by atoms with van der Waals surface area (Å²) >= 11 is 0. The minimum absolute atomic E-state index is 0. The fourth-order valence-corrected chi connectivity index (χ4v) is 8.85. The number of benzene rings is 6. The normalized spacial score (nSPS) is 13.9. The van der Waals surface area contributed by atoms with Crippen molar-refractivity contribution in [2.24, 2.45) is 0 Å². The quantitative estimate of drug-likeness (QED) is 0.161. The van der Waals surface area contributed by atoms with Crippen LogP contribution in [0.4, 0.5) is 0 Å². The van der Waals surface area contributed by atoms with Gasteiger partial charge in [-0.3, -0.25) is 4.57 Å². The Kier molecular flexibility index (Phi) is 7.92. The molecule has 7 nitrogen and oxygen atoms in total. The van der Waals surface area contributed by atoms with Gasteiger partial charge in [0.1, 0.15) is 11.4 Å². The average Bonchev–Trinajstić information content (AvgIpc) is 4.02. The van der Waals surface area contributed by atoms with Crippen molar-refractivity contribution in [1.82, 2.24) is 23.9 Å². The Morgan fingerprint density at radius 3 is 2.45 bits per heavy atom. The van der Waals surface area contributed by atoms with E-state index in [4.69, 9.17) is 24.1 Å². The number of nitrogens with zero attached hydrogens (tertiary/aromatic N) is 5. The molecule has 0 spiro atoms. The number of aryl methyl sites for hydroxylation is 3. The molecule has 11 aromatic rings. The number of rotatable bonds is 5. The van der Waals surface area contributed by atoms with Gasteiger partial charge in [-0.05, 0) is 94.8 Å². The fourth-order valence-electron chi connectivity index (χ4n) is 8.85. The van der Waals surface area contributed by atoms with E-state index in [0.29, 0.717) is 17.4 Å². The molecule has 0 aliphatic heterocycles. The molecule has 0 saturated heterocycles. The van der Waals surface area contributed by atoms with E-state index in [0.717, 1.165) is 102 Å². The van der Waals surface area contributed by atoms with Crippen LogP contribution in [0.1, 0.15) is 40.2 Å². The summed E-state index contributed by atoms with van der Waals surface area (Å²) in [6.07, 6.45) is 6.01. The second-order valence-electron chi connectivity index (χ2n) is 15.1. The zero-order valence-electron chi connectivity index (χ0n) is 31.6. The third-order valence-corrected chi connectivity index (χ3v) is 11.8. The molecule has 0 saturated carbocycles. The van der Waals surface area contributed by atoms with Crippen LogP contribution in [0.15, 0.2) is 138 Å². The van der Waals surface area contributed by atoms with Crippen molar-refractivity contribution in [2.75, 3.05) is 0 Å². The summed E-state index contributed by atoms with van der Waals surface area (Å²) in [6, 6.07) is 49.2. The molecule has 0 amide bonds. The third-order valence-electron chi connectivity index (χ3n) is 11.8. The molecule has 5 heterocycles. The first kappa shape index (κ1) is 34.7. The summed E-state index contributed by atoms with van der Waals surface area (Å²) in [4.78, 5) is 15.0. The van der Waals surface area contributed by atoms with Crippen LogP contribution in [0.2, 0.25) is 0 Å². The maximum Gasteiger partial charge on any atom is 2.00 e. The van der Waals surface area contributed by atoms with Crippen molar-refractivity contribution in [2.45, 2.75) is 32.6 Å². The number of imidazole rings is 2. The van der Waals surface area contributed by atoms with E-state index in [2.05, 4.69) is 126 Å². The Morgan fingerprint density at radius 1 is 0.707 bits per heavy atom. The maximum absolute atomic E-state index is 6.83. The third kappa shape index (κ3) is 5.26. The topological polar surface area (TPSA) is 70.4 Å². The molecule has 0 radical (unpaired) electrons. The van der Waals surface area contributed by atoms with Gasteiger partial charge in [-0.1, -0.05) is 108 Å². The number of aromatic nitrogens is 5. The Labute approximate surface area is 347 Å². The Hall–Kier alpha value is -6.56. The van der Waals surface area contributed by atoms with Gasteiger partial charge in [-0.15, -0.1) is 18.2 Å². The van der Waals surface area contributed by atoms with Crippen LogP contribution in [0.5, 0.6) is 11.5 Å². The largest absolute Gasteiger partial charge is 2.00 e. The molecular weight excluding hydrogens is 898 g/mol. The first-order valence-electron chi connectivity index (χ1n) is 19.4. The summed E-state index contributed by atoms with van der Waals surface area (Å²) in [5.41, 5.74) is 13.0. The van der Waals surface area contributed by atoms with Gasteiger partial charge < -0.3 is 18.5 Å². The molecule has 58 heavy (non-hydrogen) atoms. The molecular formula is C50H33N5O2Pt. The second kappa shape index (κ2) is 13.3. The van der Waals surface area contributed by atoms with E-state index in [-0.39, 0.29) is 21.1 Å². The molecule has 1 aliphatic carbocycles. The van der Waals surface area contributed by atoms with Crippen LogP contribution in [-0.2, 0) is 27.5 Å². The number of fused-ring (bicyclic) bond motifs is 11. The predicted molar refractivity (Wildman–Crippen MR) is 226 cm³/mol. The van der Waals surface area contributed by atoms with E-state index < -0.39 is 0 Å². The molecule has 0 N–H and O–H groups in total. The predicted octanol–water partition coefficient (Wildman–Crippen LogP) is 12.0. The van der Waals surface area contributed by atoms with Crippen LogP contribution in [0.3, 0.4) is 0 Å². The molecule has 8 heteroatoms. The number of para-hydroxylation sites is 2. The number of hydrogen-bond donors (Lipinski definition) is 0. The molecule has 280 valence electrons. The number of furan rings is 1. The van der Waals surface area contributed by atoms with E-state index in [9.17, 15) is 0 Å². The molecule has 0 bridgehead atoms. The molecule has 12 rings (SSSR count). The van der Waals surface area contributed by atoms with Gasteiger partial charge in [-0.25, -0.2) is 9.97 Å². The molecule has 0 fully saturated rings. The van der Waals surface area contributed by atoms with Crippen molar-refractivity contribution in [1.29, 1.82) is 0 Å². The molecule has 1 atom stereocenters. The van der Waals surface area contributed by atoms with E-state index in [1.165, 1.54) is 16.7 Å². The number of hydrogen-bond acceptors (Lipinski definition) is 5. The summed E-state index contributed by atoms with van der Waals surface area (Å²) in [5, 5.41) is 4.13. The van der Waals surface area contributed by atoms with Gasteiger partial charge in [0.25, 0.3) is 0 Å². The minimum atomic E-state index is 0. The van der Waals surface area contributed by atoms with Gasteiger partial charge in [0.2, 0.25) is 5.78 Å². The summed E-state index contributed by atoms with van der Waals surface area (Å²) in [5.74, 6) is 2.93. The van der Waals surface area contributed by atoms with Crippen LogP contribution >= 0.6 is 0 Å². The Balaban J connectivity index is 0.00000385. The minimum Gasteiger partial charge on any atom is -0.503 e. The summed E-state index contributed by atoms with van der Waals surface area (Å²) in [7, 11) is 0. The zero-order chi connectivity index (χ0) is 37.8. The van der Waals surface area contributed by atoms with Crippen molar-refractivity contribution in [3.63, 3.8) is 0 Å². The second-order valence-corrected chi connectivity index (χ2v) is 15.1. The van der Waals surface area contributed by atoms with Gasteiger partial charge in [0, 0.05) is 40.6 Å². The fraction of sp³-hybridized carbons (Fsp3) is 0.100. The smallest absolute Gasteiger partial charge is 0.503 e. The van der Waals surface area contributed by atoms with Crippen LogP contribution in [0, 0.1) is 26.0 Å². The summed E-state index contributed by atoms with van der Waals surface area (Å²) in [6.45, 7) is 4.18. The monoisotopic (exact) mass is 930 g/mol. The zero-order valence-corrected chi connectivity index (χ0v) is 33.8. The van der Waals surface area contributed by atoms with E-state index in [1.54, 1.807) is 0 Å². The standard InChI is InChI=1S/C50H33N5O2.Pt/c1-29-22-47(52-27-30(29)2)55-46-25-34(18-21-45(46)54-44-15-9-8-14-42(44)53-50(54)55)56-35-23-40-38-20-16-32-12-6-7-13-37(32)48(38)57-49(40)41(24-35)43-26-39-33(28-51-43)17-19-36(39)31-10-4-3-5-11-31;/h3-16,18,20-23,26-28,36H,17,19H2,1-2H3;/q-2;+2. The van der Waals surface area contributed by atoms with Crippen LogP contribution < -0.4 is 4.74 Å². The Morgan fingerprint density at radius 2 is 1.55 bits per heavy atom. The van der Waals surface area contributed by atoms with E-state index >= 15 is 0 Å². The molecule has 6 aromatic carbocycles. The van der Waals surface area contributed by atoms with Crippen LogP contribution in [-0.4, -0.2) is 23.9 Å². The summed E-state index contributed by atoms with van der Waals surface area (Å²) < 4.78 is 17.9. The van der Waals surface area contributed by atoms with Crippen LogP contribution in [0.25, 0.3) is 77.6 Å². The number of ether oxygens (including phenoxy) is 1. The average molecular weight is 931 g/mol. The van der Waals surface area contributed by atoms with Gasteiger partial charge in [0.15, 0.2) is 0 Å². The first-order chi connectivity index (χ1) is 28.1. The molecule has 5 aromatic heterocycles. The van der Waals surface area contributed by atoms with Gasteiger partial charge >= 0.3 is 21.1 Å². The first-order valence-corrected chi connectivity index (χ1v) is 19.4. The van der Waals surface area contributed by atoms with Crippen molar-refractivity contribution in [3.8, 4) is 28.6 Å².